The van der Waals surface area contributed by atoms with Crippen LogP contribution in [-0.4, -0.2) is 16.6 Å². The molecule has 1 fully saturated rings. The molecule has 1 aliphatic carbocycles. The van der Waals surface area contributed by atoms with Gasteiger partial charge in [-0.2, -0.15) is 0 Å². The van der Waals surface area contributed by atoms with Gasteiger partial charge in [-0.3, -0.25) is 9.78 Å². The largest absolute Gasteiger partial charge is 0.348 e. The van der Waals surface area contributed by atoms with Gasteiger partial charge in [0.25, 0.3) is 0 Å². The maximum absolute atomic E-state index is 12.6. The van der Waals surface area contributed by atoms with E-state index in [0.29, 0.717) is 11.7 Å². The number of rotatable bonds is 6. The second-order valence-corrected chi connectivity index (χ2v) is 7.93. The molecule has 4 rings (SSSR count). The summed E-state index contributed by atoms with van der Waals surface area (Å²) < 4.78 is 0. The van der Waals surface area contributed by atoms with Crippen LogP contribution in [0.1, 0.15) is 30.0 Å². The Morgan fingerprint density at radius 1 is 1.15 bits per heavy atom. The van der Waals surface area contributed by atoms with E-state index in [-0.39, 0.29) is 11.9 Å². The number of pyridine rings is 1. The molecule has 0 bridgehead atoms. The predicted octanol–water partition coefficient (Wildman–Crippen LogP) is 4.90. The minimum absolute atomic E-state index is 0.0911. The molecular weight excluding hydrogens is 340 g/mol. The highest BCUT2D eigenvalue weighted by molar-refractivity contribution is 8.00. The topological polar surface area (TPSA) is 42.0 Å². The minimum Gasteiger partial charge on any atom is -0.348 e. The molecule has 1 atom stereocenters. The predicted molar refractivity (Wildman–Crippen MR) is 107 cm³/mol. The number of carbonyl (C=O) groups excluding carboxylic acids is 1. The molecule has 1 amide bonds. The van der Waals surface area contributed by atoms with E-state index in [1.54, 1.807) is 11.8 Å². The summed E-state index contributed by atoms with van der Waals surface area (Å²) in [5, 5.41) is 4.36. The maximum atomic E-state index is 12.6. The van der Waals surface area contributed by atoms with Gasteiger partial charge in [0, 0.05) is 16.5 Å². The summed E-state index contributed by atoms with van der Waals surface area (Å²) in [6.07, 6.45) is 4.20. The first-order chi connectivity index (χ1) is 12.7. The maximum Gasteiger partial charge on any atom is 0.230 e. The third-order valence-electron chi connectivity index (χ3n) is 4.81. The van der Waals surface area contributed by atoms with E-state index in [9.17, 15) is 4.79 Å². The summed E-state index contributed by atoms with van der Waals surface area (Å²) in [7, 11) is 0. The van der Waals surface area contributed by atoms with Crippen LogP contribution in [-0.2, 0) is 4.79 Å². The SMILES string of the molecule is Cc1ccc(C(NC(=O)CSc2ccnc3ccccc23)C2CC2)cc1. The van der Waals surface area contributed by atoms with Gasteiger partial charge >= 0.3 is 0 Å². The van der Waals surface area contributed by atoms with Crippen LogP contribution >= 0.6 is 11.8 Å². The Morgan fingerprint density at radius 2 is 1.92 bits per heavy atom. The first-order valence-electron chi connectivity index (χ1n) is 9.03. The number of thioether (sulfide) groups is 1. The van der Waals surface area contributed by atoms with E-state index in [2.05, 4.69) is 47.6 Å². The third-order valence-corrected chi connectivity index (χ3v) is 5.89. The van der Waals surface area contributed by atoms with Crippen molar-refractivity contribution in [2.24, 2.45) is 5.92 Å². The lowest BCUT2D eigenvalue weighted by atomic mass is 10.0. The number of aryl methyl sites for hydroxylation is 1. The fourth-order valence-electron chi connectivity index (χ4n) is 3.23. The Hall–Kier alpha value is -2.33. The molecule has 1 aromatic heterocycles. The number of para-hydroxylation sites is 1. The van der Waals surface area contributed by atoms with E-state index in [1.807, 2.05) is 30.5 Å². The standard InChI is InChI=1S/C22H22N2OS/c1-15-6-8-16(9-7-15)22(17-10-11-17)24-21(25)14-26-20-12-13-23-19-5-3-2-4-18(19)20/h2-9,12-13,17,22H,10-11,14H2,1H3,(H,24,25). The molecule has 3 aromatic rings. The Morgan fingerprint density at radius 3 is 2.69 bits per heavy atom. The lowest BCUT2D eigenvalue weighted by Crippen LogP contribution is -2.31. The van der Waals surface area contributed by atoms with E-state index in [0.717, 1.165) is 15.8 Å². The van der Waals surface area contributed by atoms with Crippen molar-refractivity contribution in [1.29, 1.82) is 0 Å². The molecule has 1 aliphatic rings. The van der Waals surface area contributed by atoms with Gasteiger partial charge in [0.15, 0.2) is 0 Å². The van der Waals surface area contributed by atoms with Gasteiger partial charge < -0.3 is 5.32 Å². The lowest BCUT2D eigenvalue weighted by molar-refractivity contribution is -0.119. The molecule has 1 N–H and O–H groups in total. The van der Waals surface area contributed by atoms with Crippen LogP contribution in [0, 0.1) is 12.8 Å². The van der Waals surface area contributed by atoms with Crippen LogP contribution in [0.5, 0.6) is 0 Å². The number of nitrogens with zero attached hydrogens (tertiary/aromatic N) is 1. The lowest BCUT2D eigenvalue weighted by Gasteiger charge is -2.19. The van der Waals surface area contributed by atoms with Gasteiger partial charge in [0.05, 0.1) is 17.3 Å². The van der Waals surface area contributed by atoms with E-state index in [4.69, 9.17) is 0 Å². The zero-order valence-corrected chi connectivity index (χ0v) is 15.6. The van der Waals surface area contributed by atoms with Crippen LogP contribution in [0.3, 0.4) is 0 Å². The van der Waals surface area contributed by atoms with Crippen LogP contribution in [0.25, 0.3) is 10.9 Å². The Kier molecular flexibility index (Phi) is 4.93. The molecule has 1 saturated carbocycles. The fourth-order valence-corrected chi connectivity index (χ4v) is 4.09. The van der Waals surface area contributed by atoms with E-state index in [1.165, 1.54) is 24.0 Å². The number of nitrogens with one attached hydrogen (secondary N) is 1. The average Bonchev–Trinajstić information content (AvgIpc) is 3.50. The van der Waals surface area contributed by atoms with Crippen LogP contribution in [0.4, 0.5) is 0 Å². The van der Waals surface area contributed by atoms with Crippen molar-refractivity contribution < 1.29 is 4.79 Å². The van der Waals surface area contributed by atoms with Crippen molar-refractivity contribution in [3.8, 4) is 0 Å². The number of fused-ring (bicyclic) bond motifs is 1. The molecule has 0 spiro atoms. The third kappa shape index (κ3) is 3.91. The number of aromatic nitrogens is 1. The summed E-state index contributed by atoms with van der Waals surface area (Å²) in [4.78, 5) is 18.1. The van der Waals surface area contributed by atoms with Gasteiger partial charge in [-0.25, -0.2) is 0 Å². The zero-order valence-electron chi connectivity index (χ0n) is 14.8. The molecule has 0 radical (unpaired) electrons. The van der Waals surface area contributed by atoms with Gasteiger partial charge in [-0.05, 0) is 43.4 Å². The molecule has 0 aliphatic heterocycles. The normalized spacial score (nSPS) is 15.0. The second kappa shape index (κ2) is 7.50. The summed E-state index contributed by atoms with van der Waals surface area (Å²) in [6.45, 7) is 2.09. The Bertz CT molecular complexity index is 914. The van der Waals surface area contributed by atoms with Gasteiger partial charge in [0.2, 0.25) is 5.91 Å². The van der Waals surface area contributed by atoms with Gasteiger partial charge in [-0.15, -0.1) is 11.8 Å². The summed E-state index contributed by atoms with van der Waals surface area (Å²) in [6, 6.07) is 18.7. The smallest absolute Gasteiger partial charge is 0.230 e. The highest BCUT2D eigenvalue weighted by Gasteiger charge is 2.33. The summed E-state index contributed by atoms with van der Waals surface area (Å²) >= 11 is 1.58. The van der Waals surface area contributed by atoms with Gasteiger partial charge in [-0.1, -0.05) is 48.0 Å². The highest BCUT2D eigenvalue weighted by atomic mass is 32.2. The first-order valence-corrected chi connectivity index (χ1v) is 10.0. The Labute approximate surface area is 158 Å². The summed E-state index contributed by atoms with van der Waals surface area (Å²) in [5.41, 5.74) is 3.42. The minimum atomic E-state index is 0.0911. The first kappa shape index (κ1) is 17.1. The monoisotopic (exact) mass is 362 g/mol. The number of benzene rings is 2. The number of carbonyl (C=O) groups is 1. The van der Waals surface area contributed by atoms with Crippen molar-refractivity contribution in [2.75, 3.05) is 5.75 Å². The molecule has 1 heterocycles. The summed E-state index contributed by atoms with van der Waals surface area (Å²) in [5.74, 6) is 1.09. The van der Waals surface area contributed by atoms with Crippen molar-refractivity contribution in [3.05, 3.63) is 71.9 Å². The van der Waals surface area contributed by atoms with Gasteiger partial charge in [0.1, 0.15) is 0 Å². The number of amides is 1. The highest BCUT2D eigenvalue weighted by Crippen LogP contribution is 2.41. The molecule has 1 unspecified atom stereocenters. The zero-order chi connectivity index (χ0) is 17.9. The number of hydrogen-bond acceptors (Lipinski definition) is 3. The van der Waals surface area contributed by atoms with Crippen molar-refractivity contribution in [1.82, 2.24) is 10.3 Å². The fraction of sp³-hybridized carbons (Fsp3) is 0.273. The second-order valence-electron chi connectivity index (χ2n) is 6.91. The molecule has 2 aromatic carbocycles. The van der Waals surface area contributed by atoms with E-state index < -0.39 is 0 Å². The van der Waals surface area contributed by atoms with Crippen molar-refractivity contribution in [2.45, 2.75) is 30.7 Å². The van der Waals surface area contributed by atoms with Crippen LogP contribution in [0.15, 0.2) is 65.7 Å². The quantitative estimate of drug-likeness (QED) is 0.634. The van der Waals surface area contributed by atoms with Crippen LogP contribution in [0.2, 0.25) is 0 Å². The molecule has 0 saturated heterocycles. The molecule has 26 heavy (non-hydrogen) atoms. The van der Waals surface area contributed by atoms with E-state index >= 15 is 0 Å². The van der Waals surface area contributed by atoms with Crippen LogP contribution < -0.4 is 5.32 Å². The molecule has 132 valence electrons. The average molecular weight is 362 g/mol. The molecule has 3 nitrogen and oxygen atoms in total. The molecule has 4 heteroatoms. The van der Waals surface area contributed by atoms with Crippen molar-refractivity contribution >= 4 is 28.6 Å². The molecular formula is C22H22N2OS. The Balaban J connectivity index is 1.43. The van der Waals surface area contributed by atoms with Crippen molar-refractivity contribution in [3.63, 3.8) is 0 Å². The number of hydrogen-bond donors (Lipinski definition) is 1.